The number of aromatic nitrogens is 1. The third-order valence-electron chi connectivity index (χ3n) is 4.45. The largest absolute Gasteiger partial charge is 0.347 e. The van der Waals surface area contributed by atoms with E-state index in [1.54, 1.807) is 0 Å². The van der Waals surface area contributed by atoms with Gasteiger partial charge in [0, 0.05) is 18.0 Å². The number of allylic oxidation sites excluding steroid dienone is 1. The molecule has 138 valence electrons. The normalized spacial score (nSPS) is 18.5. The molecule has 2 heterocycles. The van der Waals surface area contributed by atoms with Crippen molar-refractivity contribution in [1.82, 2.24) is 15.7 Å². The van der Waals surface area contributed by atoms with Crippen LogP contribution in [0.4, 0.5) is 0 Å². The summed E-state index contributed by atoms with van der Waals surface area (Å²) in [5.41, 5.74) is 5.55. The van der Waals surface area contributed by atoms with Crippen molar-refractivity contribution in [2.24, 2.45) is 5.10 Å². The number of thiazole rings is 1. The van der Waals surface area contributed by atoms with Gasteiger partial charge in [0.1, 0.15) is 12.0 Å². The van der Waals surface area contributed by atoms with E-state index in [2.05, 4.69) is 20.8 Å². The third kappa shape index (κ3) is 4.14. The maximum Gasteiger partial charge on any atom is 0.280 e. The Kier molecular flexibility index (Phi) is 5.11. The minimum absolute atomic E-state index is 0.0460. The summed E-state index contributed by atoms with van der Waals surface area (Å²) in [6.07, 6.45) is 8.14. The first-order chi connectivity index (χ1) is 13.2. The van der Waals surface area contributed by atoms with E-state index in [1.807, 2.05) is 42.5 Å². The first kappa shape index (κ1) is 17.6. The van der Waals surface area contributed by atoms with Crippen LogP contribution >= 0.6 is 11.3 Å². The standard InChI is InChI=1S/C20H20N4O2S/c25-12-4-7-15-10-11-16(24-23-15)18-17(13-5-2-1-3-6-13)22-20(27-18)19(26)21-14-8-9-14/h1-3,5-6,10-12,14-15,23H,4,7-9H2,(H,21,26). The van der Waals surface area contributed by atoms with Crippen LogP contribution in [0.15, 0.2) is 47.6 Å². The summed E-state index contributed by atoms with van der Waals surface area (Å²) in [6.45, 7) is 0. The van der Waals surface area contributed by atoms with Crippen LogP contribution in [0.2, 0.25) is 0 Å². The lowest BCUT2D eigenvalue weighted by molar-refractivity contribution is -0.108. The number of benzene rings is 1. The summed E-state index contributed by atoms with van der Waals surface area (Å²) >= 11 is 1.36. The molecule has 2 aromatic rings. The number of carbonyl (C=O) groups is 2. The highest BCUT2D eigenvalue weighted by Gasteiger charge is 2.27. The summed E-state index contributed by atoms with van der Waals surface area (Å²) in [5.74, 6) is -0.122. The summed E-state index contributed by atoms with van der Waals surface area (Å²) in [5, 5.41) is 7.92. The Morgan fingerprint density at radius 2 is 2.11 bits per heavy atom. The molecule has 27 heavy (non-hydrogen) atoms. The number of nitrogens with zero attached hydrogens (tertiary/aromatic N) is 2. The molecule has 1 fully saturated rings. The van der Waals surface area contributed by atoms with E-state index in [0.717, 1.165) is 41.0 Å². The van der Waals surface area contributed by atoms with Crippen molar-refractivity contribution in [2.75, 3.05) is 0 Å². The highest BCUT2D eigenvalue weighted by molar-refractivity contribution is 7.16. The molecule has 0 radical (unpaired) electrons. The van der Waals surface area contributed by atoms with Gasteiger partial charge in [-0.2, -0.15) is 5.10 Å². The second kappa shape index (κ2) is 7.84. The van der Waals surface area contributed by atoms with Gasteiger partial charge in [-0.1, -0.05) is 36.4 Å². The maximum absolute atomic E-state index is 12.5. The first-order valence-electron chi connectivity index (χ1n) is 9.07. The Labute approximate surface area is 161 Å². The van der Waals surface area contributed by atoms with E-state index < -0.39 is 0 Å². The molecule has 1 aliphatic heterocycles. The fraction of sp³-hybridized carbons (Fsp3) is 0.300. The lowest BCUT2D eigenvalue weighted by atomic mass is 10.1. The van der Waals surface area contributed by atoms with Crippen molar-refractivity contribution in [3.8, 4) is 11.3 Å². The molecule has 1 atom stereocenters. The summed E-state index contributed by atoms with van der Waals surface area (Å²) < 4.78 is 0. The molecule has 7 heteroatoms. The number of hydrazone groups is 1. The van der Waals surface area contributed by atoms with Crippen molar-refractivity contribution >= 4 is 29.2 Å². The zero-order valence-corrected chi connectivity index (χ0v) is 15.5. The molecular formula is C20H20N4O2S. The molecule has 0 bridgehead atoms. The predicted molar refractivity (Wildman–Crippen MR) is 106 cm³/mol. The van der Waals surface area contributed by atoms with Crippen LogP contribution < -0.4 is 10.7 Å². The fourth-order valence-corrected chi connectivity index (χ4v) is 3.79. The van der Waals surface area contributed by atoms with Gasteiger partial charge in [0.15, 0.2) is 5.01 Å². The van der Waals surface area contributed by atoms with E-state index in [-0.39, 0.29) is 18.0 Å². The van der Waals surface area contributed by atoms with Gasteiger partial charge in [-0.05, 0) is 25.3 Å². The molecule has 0 spiro atoms. The average molecular weight is 380 g/mol. The SMILES string of the molecule is O=CCCC1C=CC(c2sc(C(=O)NC3CC3)nc2-c2ccccc2)=NN1. The summed E-state index contributed by atoms with van der Waals surface area (Å²) in [4.78, 5) is 28.5. The Bertz CT molecular complexity index is 900. The number of aldehydes is 1. The smallest absolute Gasteiger partial charge is 0.280 e. The van der Waals surface area contributed by atoms with Gasteiger partial charge >= 0.3 is 0 Å². The van der Waals surface area contributed by atoms with Gasteiger partial charge in [0.25, 0.3) is 5.91 Å². The second-order valence-corrected chi connectivity index (χ2v) is 7.65. The molecule has 1 aliphatic carbocycles. The Balaban J connectivity index is 1.63. The van der Waals surface area contributed by atoms with E-state index in [4.69, 9.17) is 0 Å². The highest BCUT2D eigenvalue weighted by Crippen LogP contribution is 2.30. The van der Waals surface area contributed by atoms with Gasteiger partial charge in [-0.3, -0.25) is 4.79 Å². The lowest BCUT2D eigenvalue weighted by Crippen LogP contribution is -2.27. The molecule has 2 aliphatic rings. The molecule has 4 rings (SSSR count). The topological polar surface area (TPSA) is 83.5 Å². The van der Waals surface area contributed by atoms with Crippen molar-refractivity contribution < 1.29 is 9.59 Å². The van der Waals surface area contributed by atoms with E-state index in [1.165, 1.54) is 11.3 Å². The van der Waals surface area contributed by atoms with Gasteiger partial charge in [-0.25, -0.2) is 4.98 Å². The molecule has 1 saturated carbocycles. The van der Waals surface area contributed by atoms with E-state index in [0.29, 0.717) is 17.8 Å². The fourth-order valence-electron chi connectivity index (χ4n) is 2.83. The Morgan fingerprint density at radius 1 is 1.30 bits per heavy atom. The van der Waals surface area contributed by atoms with Gasteiger partial charge in [0.2, 0.25) is 0 Å². The second-order valence-electron chi connectivity index (χ2n) is 6.65. The van der Waals surface area contributed by atoms with Crippen LogP contribution in [0.25, 0.3) is 11.3 Å². The Hall–Kier alpha value is -2.80. The van der Waals surface area contributed by atoms with Crippen molar-refractivity contribution in [2.45, 2.75) is 37.8 Å². The summed E-state index contributed by atoms with van der Waals surface area (Å²) in [7, 11) is 0. The van der Waals surface area contributed by atoms with Gasteiger partial charge < -0.3 is 15.5 Å². The van der Waals surface area contributed by atoms with Crippen molar-refractivity contribution in [3.63, 3.8) is 0 Å². The molecule has 0 saturated heterocycles. The molecule has 1 unspecified atom stereocenters. The van der Waals surface area contributed by atoms with Crippen LogP contribution in [-0.2, 0) is 4.79 Å². The molecule has 1 amide bonds. The van der Waals surface area contributed by atoms with Crippen LogP contribution in [-0.4, -0.2) is 35.0 Å². The molecule has 1 aromatic heterocycles. The number of hydrogen-bond acceptors (Lipinski definition) is 6. The quantitative estimate of drug-likeness (QED) is 0.724. The minimum Gasteiger partial charge on any atom is -0.347 e. The van der Waals surface area contributed by atoms with Gasteiger partial charge in [0.05, 0.1) is 16.6 Å². The van der Waals surface area contributed by atoms with E-state index >= 15 is 0 Å². The minimum atomic E-state index is -0.122. The zero-order chi connectivity index (χ0) is 18.6. The molecule has 6 nitrogen and oxygen atoms in total. The molecule has 2 N–H and O–H groups in total. The van der Waals surface area contributed by atoms with Crippen molar-refractivity contribution in [3.05, 3.63) is 52.4 Å². The van der Waals surface area contributed by atoms with Crippen LogP contribution in [0.5, 0.6) is 0 Å². The number of rotatable bonds is 7. The molecular weight excluding hydrogens is 360 g/mol. The monoisotopic (exact) mass is 380 g/mol. The molecule has 1 aromatic carbocycles. The number of carbonyl (C=O) groups excluding carboxylic acids is 2. The van der Waals surface area contributed by atoms with Crippen molar-refractivity contribution in [1.29, 1.82) is 0 Å². The maximum atomic E-state index is 12.5. The highest BCUT2D eigenvalue weighted by atomic mass is 32.1. The van der Waals surface area contributed by atoms with Gasteiger partial charge in [-0.15, -0.1) is 11.3 Å². The Morgan fingerprint density at radius 3 is 2.78 bits per heavy atom. The van der Waals surface area contributed by atoms with Crippen LogP contribution in [0.1, 0.15) is 40.4 Å². The lowest BCUT2D eigenvalue weighted by Gasteiger charge is -2.16. The van der Waals surface area contributed by atoms with Crippen LogP contribution in [0.3, 0.4) is 0 Å². The first-order valence-corrected chi connectivity index (χ1v) is 9.89. The summed E-state index contributed by atoms with van der Waals surface area (Å²) in [6, 6.07) is 10.2. The number of hydrogen-bond donors (Lipinski definition) is 2. The average Bonchev–Trinajstić information content (AvgIpc) is 3.41. The van der Waals surface area contributed by atoms with Crippen LogP contribution in [0, 0.1) is 0 Å². The third-order valence-corrected chi connectivity index (χ3v) is 5.52. The zero-order valence-electron chi connectivity index (χ0n) is 14.7. The predicted octanol–water partition coefficient (Wildman–Crippen LogP) is 2.91. The van der Waals surface area contributed by atoms with E-state index in [9.17, 15) is 9.59 Å². The number of nitrogens with one attached hydrogen (secondary N) is 2. The number of amides is 1.